The zero-order valence-electron chi connectivity index (χ0n) is 12.1. The van der Waals surface area contributed by atoms with Crippen LogP contribution in [0.3, 0.4) is 0 Å². The number of tetrazole rings is 1. The van der Waals surface area contributed by atoms with Crippen LogP contribution < -0.4 is 0 Å². The molecule has 2 heterocycles. The summed E-state index contributed by atoms with van der Waals surface area (Å²) in [5.74, 6) is -0.549. The van der Waals surface area contributed by atoms with E-state index in [1.807, 2.05) is 4.90 Å². The van der Waals surface area contributed by atoms with Gasteiger partial charge in [-0.2, -0.15) is 5.21 Å². The molecule has 9 nitrogen and oxygen atoms in total. The lowest BCUT2D eigenvalue weighted by Crippen LogP contribution is -2.56. The third-order valence-electron chi connectivity index (χ3n) is 3.85. The molecule has 1 aromatic rings. The number of unbranched alkanes of at least 4 members (excludes halogenated alkanes) is 2. The Bertz CT molecular complexity index is 460. The number of nitroso groups, excluding NO2 is 1. The average Bonchev–Trinajstić information content (AvgIpc) is 3.06. The van der Waals surface area contributed by atoms with Crippen molar-refractivity contribution >= 4 is 5.91 Å². The Balaban J connectivity index is 2.36. The molecule has 1 aromatic heterocycles. The number of nitrogens with zero attached hydrogens (tertiary/aromatic N) is 5. The Hall–Kier alpha value is -1.74. The van der Waals surface area contributed by atoms with Crippen molar-refractivity contribution < 1.29 is 9.53 Å². The zero-order valence-corrected chi connectivity index (χ0v) is 12.1. The van der Waals surface area contributed by atoms with Gasteiger partial charge in [-0.25, -0.2) is 0 Å². The number of carbonyl (C=O) groups is 1. The highest BCUT2D eigenvalue weighted by Gasteiger charge is 2.50. The van der Waals surface area contributed by atoms with E-state index < -0.39 is 11.4 Å². The molecule has 0 aliphatic carbocycles. The highest BCUT2D eigenvalue weighted by molar-refractivity contribution is 5.87. The lowest BCUT2D eigenvalue weighted by atomic mass is 9.87. The van der Waals surface area contributed by atoms with Crippen molar-refractivity contribution in [2.45, 2.75) is 38.1 Å². The summed E-state index contributed by atoms with van der Waals surface area (Å²) >= 11 is 0. The molecule has 1 unspecified atom stereocenters. The first-order chi connectivity index (χ1) is 10.3. The smallest absolute Gasteiger partial charge is 0.314 e. The Kier molecular flexibility index (Phi) is 5.45. The molecule has 1 atom stereocenters. The molecule has 0 bridgehead atoms. The summed E-state index contributed by atoms with van der Waals surface area (Å²) in [6.45, 7) is 4.13. The minimum absolute atomic E-state index is 0.213. The normalized spacial score (nSPS) is 19.1. The molecule has 1 aliphatic rings. The van der Waals surface area contributed by atoms with Gasteiger partial charge >= 0.3 is 5.91 Å². The third-order valence-corrected chi connectivity index (χ3v) is 3.85. The zero-order chi connectivity index (χ0) is 15.1. The topological polar surface area (TPSA) is 113 Å². The maximum absolute atomic E-state index is 12.3. The maximum atomic E-state index is 12.3. The Labute approximate surface area is 122 Å². The Morgan fingerprint density at radius 2 is 2.19 bits per heavy atom. The van der Waals surface area contributed by atoms with E-state index in [0.29, 0.717) is 32.7 Å². The summed E-state index contributed by atoms with van der Waals surface area (Å²) in [6, 6.07) is 0. The van der Waals surface area contributed by atoms with Crippen LogP contribution in [0.15, 0.2) is 5.18 Å². The number of nitrogens with one attached hydrogen (secondary N) is 1. The van der Waals surface area contributed by atoms with Crippen molar-refractivity contribution in [2.75, 3.05) is 26.3 Å². The lowest BCUT2D eigenvalue weighted by Gasteiger charge is -2.40. The molecule has 116 valence electrons. The summed E-state index contributed by atoms with van der Waals surface area (Å²) < 4.78 is 5.33. The predicted molar refractivity (Wildman–Crippen MR) is 73.2 cm³/mol. The van der Waals surface area contributed by atoms with Crippen molar-refractivity contribution in [3.8, 4) is 0 Å². The van der Waals surface area contributed by atoms with Crippen molar-refractivity contribution in [1.29, 1.82) is 0 Å². The van der Waals surface area contributed by atoms with Crippen molar-refractivity contribution in [3.05, 3.63) is 10.7 Å². The fourth-order valence-corrected chi connectivity index (χ4v) is 2.74. The minimum Gasteiger partial charge on any atom is -0.379 e. The van der Waals surface area contributed by atoms with Gasteiger partial charge in [-0.15, -0.1) is 15.1 Å². The third kappa shape index (κ3) is 3.13. The quantitative estimate of drug-likeness (QED) is 0.579. The van der Waals surface area contributed by atoms with Gasteiger partial charge in [0.25, 0.3) is 0 Å². The molecule has 1 aliphatic heterocycles. The van der Waals surface area contributed by atoms with Crippen LogP contribution in [0.5, 0.6) is 0 Å². The second-order valence-corrected chi connectivity index (χ2v) is 5.05. The molecular formula is C12H20N6O3. The fourth-order valence-electron chi connectivity index (χ4n) is 2.74. The van der Waals surface area contributed by atoms with Gasteiger partial charge in [-0.1, -0.05) is 31.4 Å². The largest absolute Gasteiger partial charge is 0.379 e. The molecule has 9 heteroatoms. The number of rotatable bonds is 7. The second kappa shape index (κ2) is 7.32. The summed E-state index contributed by atoms with van der Waals surface area (Å²) in [6.07, 6.45) is 3.19. The summed E-state index contributed by atoms with van der Waals surface area (Å²) in [5, 5.41) is 16.5. The Morgan fingerprint density at radius 1 is 1.43 bits per heavy atom. The van der Waals surface area contributed by atoms with Gasteiger partial charge in [0.05, 0.1) is 13.2 Å². The molecule has 0 aromatic carbocycles. The summed E-state index contributed by atoms with van der Waals surface area (Å²) in [7, 11) is 0. The van der Waals surface area contributed by atoms with Crippen molar-refractivity contribution in [3.63, 3.8) is 0 Å². The van der Waals surface area contributed by atoms with Crippen molar-refractivity contribution in [1.82, 2.24) is 25.5 Å². The van der Waals surface area contributed by atoms with E-state index in [2.05, 4.69) is 32.7 Å². The number of H-pyrrole nitrogens is 1. The molecular weight excluding hydrogens is 276 g/mol. The van der Waals surface area contributed by atoms with Gasteiger partial charge in [0, 0.05) is 18.3 Å². The summed E-state index contributed by atoms with van der Waals surface area (Å²) in [4.78, 5) is 25.2. The number of ether oxygens (including phenoxy) is 1. The van der Waals surface area contributed by atoms with Gasteiger partial charge in [0.15, 0.2) is 5.54 Å². The van der Waals surface area contributed by atoms with Gasteiger partial charge in [-0.05, 0) is 6.42 Å². The second-order valence-electron chi connectivity index (χ2n) is 5.05. The van der Waals surface area contributed by atoms with Gasteiger partial charge < -0.3 is 4.74 Å². The molecule has 0 saturated carbocycles. The van der Waals surface area contributed by atoms with E-state index >= 15 is 0 Å². The molecule has 2 rings (SSSR count). The predicted octanol–water partition coefficient (Wildman–Crippen LogP) is 0.600. The molecule has 21 heavy (non-hydrogen) atoms. The van der Waals surface area contributed by atoms with E-state index in [4.69, 9.17) is 4.74 Å². The van der Waals surface area contributed by atoms with E-state index in [1.165, 1.54) is 0 Å². The van der Waals surface area contributed by atoms with Crippen molar-refractivity contribution in [2.24, 2.45) is 5.18 Å². The molecule has 0 spiro atoms. The number of hydrogen-bond donors (Lipinski definition) is 1. The molecule has 1 saturated heterocycles. The first-order valence-corrected chi connectivity index (χ1v) is 7.20. The van der Waals surface area contributed by atoms with Crippen LogP contribution in [0.4, 0.5) is 0 Å². The van der Waals surface area contributed by atoms with Crippen LogP contribution >= 0.6 is 0 Å². The fraction of sp³-hybridized carbons (Fsp3) is 0.833. The highest BCUT2D eigenvalue weighted by Crippen LogP contribution is 2.34. The van der Waals surface area contributed by atoms with Gasteiger partial charge in [0.1, 0.15) is 0 Å². The monoisotopic (exact) mass is 296 g/mol. The van der Waals surface area contributed by atoms with E-state index in [9.17, 15) is 9.70 Å². The van der Waals surface area contributed by atoms with Gasteiger partial charge in [-0.3, -0.25) is 9.69 Å². The number of morpholine rings is 1. The Morgan fingerprint density at radius 3 is 2.76 bits per heavy atom. The van der Waals surface area contributed by atoms with Gasteiger partial charge in [0.2, 0.25) is 5.82 Å². The van der Waals surface area contributed by atoms with E-state index in [1.54, 1.807) is 0 Å². The first kappa shape index (κ1) is 15.6. The highest BCUT2D eigenvalue weighted by atomic mass is 16.5. The number of carbonyl (C=O) groups excluding carboxylic acids is 1. The van der Waals surface area contributed by atoms with Crippen LogP contribution in [0.25, 0.3) is 0 Å². The molecule has 1 N–H and O–H groups in total. The van der Waals surface area contributed by atoms with Crippen LogP contribution in [0.2, 0.25) is 0 Å². The van der Waals surface area contributed by atoms with Crippen LogP contribution in [0, 0.1) is 4.91 Å². The maximum Gasteiger partial charge on any atom is 0.314 e. The summed E-state index contributed by atoms with van der Waals surface area (Å²) in [5.41, 5.74) is -1.23. The average molecular weight is 296 g/mol. The lowest BCUT2D eigenvalue weighted by molar-refractivity contribution is -0.136. The van der Waals surface area contributed by atoms with E-state index in [0.717, 1.165) is 19.3 Å². The van der Waals surface area contributed by atoms with Crippen LogP contribution in [-0.2, 0) is 15.1 Å². The molecule has 1 amide bonds. The number of aromatic amines is 1. The first-order valence-electron chi connectivity index (χ1n) is 7.20. The van der Waals surface area contributed by atoms with Crippen LogP contribution in [-0.4, -0.2) is 57.7 Å². The van der Waals surface area contributed by atoms with E-state index in [-0.39, 0.29) is 5.82 Å². The minimum atomic E-state index is -1.23. The number of amides is 1. The molecule has 1 fully saturated rings. The number of hydrogen-bond acceptors (Lipinski definition) is 7. The standard InChI is InChI=1S/C12H20N6O3/c1-2-3-4-5-12(11(19)15-20,10-13-16-17-14-10)18-6-8-21-9-7-18/h2-9H2,1H3,(H,13,14,16,17). The SMILES string of the molecule is CCCCCC(C(=O)N=O)(c1nn[nH]n1)N1CCOCC1. The number of aromatic nitrogens is 4. The van der Waals surface area contributed by atoms with Crippen LogP contribution in [0.1, 0.15) is 38.4 Å². The molecule has 0 radical (unpaired) electrons.